The predicted molar refractivity (Wildman–Crippen MR) is 278 cm³/mol. The minimum atomic E-state index is -6.09. The zero-order chi connectivity index (χ0) is 53.2. The number of rotatable bonds is 15. The average molecular weight is 1100 g/mol. The number of methoxy groups -OCH3 is 1. The Bertz CT molecular complexity index is 3300. The van der Waals surface area contributed by atoms with Crippen LogP contribution in [0.5, 0.6) is 11.5 Å². The number of piperazine rings is 1. The second-order valence-electron chi connectivity index (χ2n) is 19.9. The Morgan fingerprint density at radius 3 is 2.35 bits per heavy atom. The first kappa shape index (κ1) is 54.7. The lowest BCUT2D eigenvalue weighted by molar-refractivity contribution is -0.0436. The Hall–Kier alpha value is -5.52. The minimum Gasteiger partial charge on any atom is -0.455 e. The average Bonchev–Trinajstić information content (AvgIpc) is 3.82. The van der Waals surface area contributed by atoms with Gasteiger partial charge in [0.1, 0.15) is 17.1 Å². The van der Waals surface area contributed by atoms with Crippen LogP contribution in [0.2, 0.25) is 5.02 Å². The molecule has 2 aliphatic heterocycles. The summed E-state index contributed by atoms with van der Waals surface area (Å²) in [4.78, 5) is 37.4. The molecule has 2 amide bonds. The molecule has 74 heavy (non-hydrogen) atoms. The Morgan fingerprint density at radius 1 is 0.946 bits per heavy atom. The number of amides is 2. The molecule has 2 N–H and O–H groups in total. The van der Waals surface area contributed by atoms with E-state index in [0.717, 1.165) is 58.1 Å². The zero-order valence-corrected chi connectivity index (χ0v) is 44.6. The van der Waals surface area contributed by atoms with Gasteiger partial charge in [-0.1, -0.05) is 56.1 Å². The number of alkyl halides is 3. The van der Waals surface area contributed by atoms with Crippen molar-refractivity contribution in [2.75, 3.05) is 75.9 Å². The minimum absolute atomic E-state index is 0.0316. The number of benzene rings is 3. The number of H-pyrrole nitrogens is 1. The third-order valence-corrected chi connectivity index (χ3v) is 19.2. The van der Waals surface area contributed by atoms with Crippen molar-refractivity contribution in [1.29, 1.82) is 0 Å². The molecule has 0 unspecified atom stereocenters. The largest absolute Gasteiger partial charge is 0.501 e. The second kappa shape index (κ2) is 22.0. The summed E-state index contributed by atoms with van der Waals surface area (Å²) in [6.45, 7) is 10.9. The molecule has 2 fully saturated rings. The van der Waals surface area contributed by atoms with Crippen molar-refractivity contribution in [3.63, 3.8) is 0 Å². The lowest BCUT2D eigenvalue weighted by Gasteiger charge is -2.39. The Kier molecular flexibility index (Phi) is 16.3. The van der Waals surface area contributed by atoms with Crippen LogP contribution in [0.4, 0.5) is 23.7 Å². The number of sulfone groups is 1. The fourth-order valence-electron chi connectivity index (χ4n) is 9.59. The molecule has 1 aliphatic carbocycles. The molecule has 3 aromatic carbocycles. The Labute approximate surface area is 434 Å². The van der Waals surface area contributed by atoms with Crippen LogP contribution in [0, 0.1) is 11.3 Å². The van der Waals surface area contributed by atoms with E-state index in [1.165, 1.54) is 29.0 Å². The highest BCUT2D eigenvalue weighted by Gasteiger charge is 2.48. The van der Waals surface area contributed by atoms with Crippen molar-refractivity contribution in [2.24, 2.45) is 15.7 Å². The number of carbonyl (C=O) groups excluding carboxylic acids is 2. The van der Waals surface area contributed by atoms with E-state index in [9.17, 15) is 43.8 Å². The number of carbonyl (C=O) groups is 2. The number of aromatic amines is 1. The highest BCUT2D eigenvalue weighted by atomic mass is 35.5. The maximum atomic E-state index is 14.2. The molecular weight excluding hydrogens is 1040 g/mol. The number of pyridine rings is 1. The first-order valence-corrected chi connectivity index (χ1v) is 29.3. The highest BCUT2D eigenvalue weighted by Crippen LogP contribution is 2.44. The number of nitrogens with one attached hydrogen (secondary N) is 2. The fourth-order valence-corrected chi connectivity index (χ4v) is 13.6. The van der Waals surface area contributed by atoms with Gasteiger partial charge in [0.15, 0.2) is 0 Å². The SMILES string of the molecule is COC(=O)N=S1(=O)CCN(CC[C@H](C)Cc2ccc(S(=O)(=O)NC(=O)c3ccc(N4CCN(CC5=C(c6ccc(Cl)cc6)CC(C)(C)CC5)CC4)cc3Oc3cnc4[nH]ccc4c3)cc2S(=O)(=O)C(F)(F)F)CC1. The van der Waals surface area contributed by atoms with Crippen molar-refractivity contribution in [3.05, 3.63) is 112 Å². The molecule has 0 spiro atoms. The summed E-state index contributed by atoms with van der Waals surface area (Å²) < 4.78 is 126. The third kappa shape index (κ3) is 12.9. The zero-order valence-electron chi connectivity index (χ0n) is 41.4. The monoisotopic (exact) mass is 1100 g/mol. The van der Waals surface area contributed by atoms with Crippen LogP contribution < -0.4 is 14.4 Å². The number of anilines is 1. The molecular formula is C51H59ClF3N7O9S3. The van der Waals surface area contributed by atoms with E-state index < -0.39 is 62.8 Å². The van der Waals surface area contributed by atoms with Crippen LogP contribution >= 0.6 is 11.6 Å². The van der Waals surface area contributed by atoms with Gasteiger partial charge in [0.2, 0.25) is 0 Å². The molecule has 23 heteroatoms. The number of nitrogens with zero attached hydrogens (tertiary/aromatic N) is 5. The lowest BCUT2D eigenvalue weighted by atomic mass is 9.72. The van der Waals surface area contributed by atoms with Gasteiger partial charge in [0, 0.05) is 85.7 Å². The van der Waals surface area contributed by atoms with Gasteiger partial charge < -0.3 is 24.3 Å². The summed E-state index contributed by atoms with van der Waals surface area (Å²) in [5, 5.41) is 1.39. The van der Waals surface area contributed by atoms with Gasteiger partial charge >= 0.3 is 11.6 Å². The van der Waals surface area contributed by atoms with Gasteiger partial charge in [-0.25, -0.2) is 35.5 Å². The number of aromatic nitrogens is 2. The van der Waals surface area contributed by atoms with Gasteiger partial charge in [-0.3, -0.25) is 9.69 Å². The highest BCUT2D eigenvalue weighted by molar-refractivity contribution is 7.94. The van der Waals surface area contributed by atoms with Gasteiger partial charge in [0.25, 0.3) is 25.8 Å². The number of hydrogen-bond donors (Lipinski definition) is 2. The molecule has 3 aliphatic rings. The first-order valence-electron chi connectivity index (χ1n) is 24.1. The van der Waals surface area contributed by atoms with Crippen LogP contribution in [0.25, 0.3) is 16.6 Å². The van der Waals surface area contributed by atoms with Crippen molar-refractivity contribution >= 4 is 75.5 Å². The van der Waals surface area contributed by atoms with Crippen molar-refractivity contribution < 1.29 is 53.3 Å². The topological polar surface area (TPSA) is 201 Å². The maximum absolute atomic E-state index is 14.2. The molecule has 0 saturated carbocycles. The van der Waals surface area contributed by atoms with Gasteiger partial charge in [-0.2, -0.15) is 13.2 Å². The van der Waals surface area contributed by atoms with Crippen LogP contribution in [0.3, 0.4) is 0 Å². The molecule has 16 nitrogen and oxygen atoms in total. The summed E-state index contributed by atoms with van der Waals surface area (Å²) in [6, 6.07) is 18.6. The quantitative estimate of drug-likeness (QED) is 0.101. The molecule has 0 bridgehead atoms. The normalized spacial score (nSPS) is 18.2. The van der Waals surface area contributed by atoms with E-state index in [1.54, 1.807) is 37.4 Å². The van der Waals surface area contributed by atoms with Crippen LogP contribution in [0.15, 0.2) is 105 Å². The standard InChI is InChI=1S/C51H59ClF3N7O9S3/c1-34(15-18-60-23-25-72(65,26-24-60)59-49(64)70-4)27-36-7-11-42(30-46(36)73(66,67)51(53,54)55)74(68,69)58-48(63)43-12-10-40(29-45(43)71-41-28-37-14-17-56-47(37)57-32-41)62-21-19-61(20-22-62)33-38-13-16-50(2,3)31-44(38)35-5-8-39(52)9-6-35/h5-12,14,17,28-30,32,34H,13,15-16,18-27,31,33H2,1-4H3,(H,56,57)(H,58,63)/t34-/m0/s1. The van der Waals surface area contributed by atoms with E-state index in [2.05, 4.69) is 54.8 Å². The third-order valence-electron chi connectivity index (χ3n) is 13.9. The van der Waals surface area contributed by atoms with Gasteiger partial charge in [0.05, 0.1) is 38.4 Å². The summed E-state index contributed by atoms with van der Waals surface area (Å²) >= 11 is 6.24. The molecule has 398 valence electrons. The first-order chi connectivity index (χ1) is 34.9. The second-order valence-corrected chi connectivity index (χ2v) is 26.5. The fraction of sp³-hybridized carbons (Fsp3) is 0.431. The molecule has 5 aromatic rings. The summed E-state index contributed by atoms with van der Waals surface area (Å²) in [5.41, 5.74) is -0.891. The summed E-state index contributed by atoms with van der Waals surface area (Å²) in [7, 11) is -12.8. The number of sulfonamides is 1. The molecule has 0 radical (unpaired) electrons. The summed E-state index contributed by atoms with van der Waals surface area (Å²) in [5.74, 6) is -1.15. The number of ether oxygens (including phenoxy) is 2. The smallest absolute Gasteiger partial charge is 0.455 e. The van der Waals surface area contributed by atoms with E-state index in [-0.39, 0.29) is 46.0 Å². The predicted octanol–water partition coefficient (Wildman–Crippen LogP) is 9.33. The van der Waals surface area contributed by atoms with Crippen LogP contribution in [-0.4, -0.2) is 129 Å². The Morgan fingerprint density at radius 2 is 1.66 bits per heavy atom. The summed E-state index contributed by atoms with van der Waals surface area (Å²) in [6.07, 6.45) is 5.45. The van der Waals surface area contributed by atoms with E-state index >= 15 is 0 Å². The lowest BCUT2D eigenvalue weighted by Crippen LogP contribution is -2.47. The molecule has 8 rings (SSSR count). The number of hydrogen-bond acceptors (Lipinski definition) is 13. The number of fused-ring (bicyclic) bond motifs is 1. The van der Waals surface area contributed by atoms with Crippen molar-refractivity contribution in [3.8, 4) is 11.5 Å². The molecule has 2 aromatic heterocycles. The van der Waals surface area contributed by atoms with E-state index in [1.807, 2.05) is 21.8 Å². The number of allylic oxidation sites excluding steroid dienone is 1. The molecule has 4 heterocycles. The van der Waals surface area contributed by atoms with Crippen LogP contribution in [0.1, 0.15) is 67.9 Å². The maximum Gasteiger partial charge on any atom is 0.501 e. The van der Waals surface area contributed by atoms with Crippen molar-refractivity contribution in [2.45, 2.75) is 68.2 Å². The van der Waals surface area contributed by atoms with E-state index in [4.69, 9.17) is 16.3 Å². The van der Waals surface area contributed by atoms with Gasteiger partial charge in [-0.05, 0) is 115 Å². The van der Waals surface area contributed by atoms with Crippen molar-refractivity contribution in [1.82, 2.24) is 24.5 Å². The number of halogens is 4. The van der Waals surface area contributed by atoms with E-state index in [0.29, 0.717) is 67.0 Å². The Balaban J connectivity index is 0.998. The molecule has 2 saturated heterocycles. The van der Waals surface area contributed by atoms with Crippen LogP contribution in [-0.2, 0) is 40.7 Å². The van der Waals surface area contributed by atoms with Gasteiger partial charge in [-0.15, -0.1) is 4.36 Å². The molecule has 1 atom stereocenters.